The van der Waals surface area contributed by atoms with Crippen LogP contribution in [-0.4, -0.2) is 57.5 Å². The van der Waals surface area contributed by atoms with Crippen molar-refractivity contribution in [2.24, 2.45) is 0 Å². The first kappa shape index (κ1) is 14.3. The third-order valence-electron chi connectivity index (χ3n) is 3.62. The maximum absolute atomic E-state index is 12.5. The lowest BCUT2D eigenvalue weighted by molar-refractivity contribution is 0.159. The molecular formula is C13H20N2O3S. The zero-order chi connectivity index (χ0) is 14.0. The van der Waals surface area contributed by atoms with Crippen molar-refractivity contribution in [2.45, 2.75) is 17.9 Å². The van der Waals surface area contributed by atoms with Crippen LogP contribution >= 0.6 is 0 Å². The van der Waals surface area contributed by atoms with Gasteiger partial charge in [-0.25, -0.2) is 8.42 Å². The average Bonchev–Trinajstić information content (AvgIpc) is 2.41. The monoisotopic (exact) mass is 284 g/mol. The highest BCUT2D eigenvalue weighted by atomic mass is 32.2. The summed E-state index contributed by atoms with van der Waals surface area (Å²) in [7, 11) is 0.185. The van der Waals surface area contributed by atoms with E-state index in [1.165, 1.54) is 0 Å². The van der Waals surface area contributed by atoms with Crippen molar-refractivity contribution in [1.29, 1.82) is 0 Å². The van der Waals surface area contributed by atoms with E-state index in [0.29, 0.717) is 23.7 Å². The van der Waals surface area contributed by atoms with E-state index in [1.807, 2.05) is 14.0 Å². The molecule has 19 heavy (non-hydrogen) atoms. The zero-order valence-electron chi connectivity index (χ0n) is 11.5. The molecule has 106 valence electrons. The summed E-state index contributed by atoms with van der Waals surface area (Å²) >= 11 is 0. The van der Waals surface area contributed by atoms with Crippen LogP contribution in [0.1, 0.15) is 6.92 Å². The molecule has 1 atom stereocenters. The lowest BCUT2D eigenvalue weighted by atomic mass is 10.2. The van der Waals surface area contributed by atoms with Gasteiger partial charge >= 0.3 is 0 Å². The molecule has 1 saturated heterocycles. The molecule has 1 unspecified atom stereocenters. The Hall–Kier alpha value is -1.11. The number of benzene rings is 1. The van der Waals surface area contributed by atoms with Crippen LogP contribution in [0.25, 0.3) is 0 Å². The van der Waals surface area contributed by atoms with Crippen LogP contribution in [0.15, 0.2) is 29.2 Å². The summed E-state index contributed by atoms with van der Waals surface area (Å²) in [6.45, 7) is 3.87. The fourth-order valence-corrected chi connectivity index (χ4v) is 3.64. The summed E-state index contributed by atoms with van der Waals surface area (Å²) in [6.07, 6.45) is 0. The van der Waals surface area contributed by atoms with Crippen LogP contribution < -0.4 is 4.74 Å². The lowest BCUT2D eigenvalue weighted by Gasteiger charge is -2.36. The van der Waals surface area contributed by atoms with Gasteiger partial charge in [0.1, 0.15) is 5.75 Å². The van der Waals surface area contributed by atoms with Gasteiger partial charge in [-0.2, -0.15) is 4.31 Å². The van der Waals surface area contributed by atoms with E-state index < -0.39 is 10.0 Å². The van der Waals surface area contributed by atoms with Crippen LogP contribution in [0.4, 0.5) is 0 Å². The van der Waals surface area contributed by atoms with Crippen LogP contribution in [0.5, 0.6) is 5.75 Å². The van der Waals surface area contributed by atoms with Crippen LogP contribution in [-0.2, 0) is 10.0 Å². The molecule has 0 aliphatic carbocycles. The SMILES string of the molecule is COc1ccc(S(=O)(=O)N2CCN(C)C(C)C2)cc1. The first-order valence-electron chi connectivity index (χ1n) is 6.29. The third-order valence-corrected chi connectivity index (χ3v) is 5.50. The standard InChI is InChI=1S/C13H20N2O3S/c1-11-10-15(9-8-14(11)2)19(16,17)13-6-4-12(18-3)5-7-13/h4-7,11H,8-10H2,1-3H3. The fraction of sp³-hybridized carbons (Fsp3) is 0.538. The Bertz CT molecular complexity index is 527. The number of sulfonamides is 1. The zero-order valence-corrected chi connectivity index (χ0v) is 12.4. The van der Waals surface area contributed by atoms with E-state index in [2.05, 4.69) is 4.90 Å². The predicted octanol–water partition coefficient (Wildman–Crippen LogP) is 1.02. The van der Waals surface area contributed by atoms with Gasteiger partial charge in [0.05, 0.1) is 12.0 Å². The van der Waals surface area contributed by atoms with Crippen molar-refractivity contribution in [3.8, 4) is 5.75 Å². The van der Waals surface area contributed by atoms with Crippen molar-refractivity contribution < 1.29 is 13.2 Å². The molecule has 1 aliphatic heterocycles. The second-order valence-corrected chi connectivity index (χ2v) is 6.81. The van der Waals surface area contributed by atoms with Crippen molar-refractivity contribution in [3.63, 3.8) is 0 Å². The van der Waals surface area contributed by atoms with E-state index in [9.17, 15) is 8.42 Å². The summed E-state index contributed by atoms with van der Waals surface area (Å²) in [6, 6.07) is 6.77. The minimum Gasteiger partial charge on any atom is -0.497 e. The molecule has 1 aliphatic rings. The first-order chi connectivity index (χ1) is 8.95. The van der Waals surface area contributed by atoms with Crippen molar-refractivity contribution >= 4 is 10.0 Å². The highest BCUT2D eigenvalue weighted by Gasteiger charge is 2.30. The number of hydrogen-bond acceptors (Lipinski definition) is 4. The number of piperazine rings is 1. The van der Waals surface area contributed by atoms with Crippen molar-refractivity contribution in [3.05, 3.63) is 24.3 Å². The quantitative estimate of drug-likeness (QED) is 0.831. The number of rotatable bonds is 3. The highest BCUT2D eigenvalue weighted by Crippen LogP contribution is 2.21. The minimum absolute atomic E-state index is 0.238. The molecule has 1 heterocycles. The fourth-order valence-electron chi connectivity index (χ4n) is 2.13. The molecule has 0 N–H and O–H groups in total. The third kappa shape index (κ3) is 2.91. The van der Waals surface area contributed by atoms with Crippen LogP contribution in [0.3, 0.4) is 0 Å². The Morgan fingerprint density at radius 1 is 1.21 bits per heavy atom. The maximum Gasteiger partial charge on any atom is 0.243 e. The molecule has 0 saturated carbocycles. The van der Waals surface area contributed by atoms with Gasteiger partial charge in [-0.05, 0) is 38.2 Å². The largest absolute Gasteiger partial charge is 0.497 e. The number of ether oxygens (including phenoxy) is 1. The van der Waals surface area contributed by atoms with Gasteiger partial charge in [-0.3, -0.25) is 0 Å². The second-order valence-electron chi connectivity index (χ2n) is 4.87. The first-order valence-corrected chi connectivity index (χ1v) is 7.73. The van der Waals surface area contributed by atoms with E-state index in [-0.39, 0.29) is 6.04 Å². The Morgan fingerprint density at radius 2 is 1.84 bits per heavy atom. The predicted molar refractivity (Wildman–Crippen MR) is 73.8 cm³/mol. The lowest BCUT2D eigenvalue weighted by Crippen LogP contribution is -2.51. The van der Waals surface area contributed by atoms with Gasteiger partial charge in [0, 0.05) is 25.7 Å². The van der Waals surface area contributed by atoms with E-state index in [1.54, 1.807) is 35.7 Å². The Labute approximate surface area is 114 Å². The normalized spacial score (nSPS) is 22.4. The maximum atomic E-state index is 12.5. The molecular weight excluding hydrogens is 264 g/mol. The Balaban J connectivity index is 2.21. The van der Waals surface area contributed by atoms with Gasteiger partial charge < -0.3 is 9.64 Å². The average molecular weight is 284 g/mol. The molecule has 0 spiro atoms. The van der Waals surface area contributed by atoms with Crippen LogP contribution in [0, 0.1) is 0 Å². The van der Waals surface area contributed by atoms with Gasteiger partial charge in [0.15, 0.2) is 0 Å². The topological polar surface area (TPSA) is 49.9 Å². The number of methoxy groups -OCH3 is 1. The molecule has 2 rings (SSSR count). The summed E-state index contributed by atoms with van der Waals surface area (Å²) < 4.78 is 31.6. The van der Waals surface area contributed by atoms with Crippen LogP contribution in [0.2, 0.25) is 0 Å². The molecule has 1 aromatic carbocycles. The molecule has 0 aromatic heterocycles. The van der Waals surface area contributed by atoms with E-state index in [0.717, 1.165) is 6.54 Å². The summed E-state index contributed by atoms with van der Waals surface area (Å²) in [4.78, 5) is 2.49. The molecule has 5 nitrogen and oxygen atoms in total. The second kappa shape index (κ2) is 5.48. The van der Waals surface area contributed by atoms with E-state index >= 15 is 0 Å². The van der Waals surface area contributed by atoms with Gasteiger partial charge in [-0.15, -0.1) is 0 Å². The smallest absolute Gasteiger partial charge is 0.243 e. The molecule has 0 radical (unpaired) electrons. The minimum atomic E-state index is -3.39. The van der Waals surface area contributed by atoms with Gasteiger partial charge in [-0.1, -0.05) is 0 Å². The van der Waals surface area contributed by atoms with Crippen molar-refractivity contribution in [2.75, 3.05) is 33.8 Å². The molecule has 0 bridgehead atoms. The highest BCUT2D eigenvalue weighted by molar-refractivity contribution is 7.89. The summed E-state index contributed by atoms with van der Waals surface area (Å²) in [5.74, 6) is 0.658. The van der Waals surface area contributed by atoms with Gasteiger partial charge in [0.25, 0.3) is 0 Å². The number of likely N-dealkylation sites (N-methyl/N-ethyl adjacent to an activating group) is 1. The number of hydrogen-bond donors (Lipinski definition) is 0. The Kier molecular flexibility index (Phi) is 4.13. The van der Waals surface area contributed by atoms with Gasteiger partial charge in [0.2, 0.25) is 10.0 Å². The molecule has 1 aromatic rings. The Morgan fingerprint density at radius 3 is 2.37 bits per heavy atom. The van der Waals surface area contributed by atoms with E-state index in [4.69, 9.17) is 4.74 Å². The summed E-state index contributed by atoms with van der Waals surface area (Å²) in [5.41, 5.74) is 0. The molecule has 0 amide bonds. The number of nitrogens with zero attached hydrogens (tertiary/aromatic N) is 2. The van der Waals surface area contributed by atoms with Crippen molar-refractivity contribution in [1.82, 2.24) is 9.21 Å². The molecule has 6 heteroatoms. The molecule has 1 fully saturated rings. The summed E-state index contributed by atoms with van der Waals surface area (Å²) in [5, 5.41) is 0.